The van der Waals surface area contributed by atoms with Crippen LogP contribution in [0.3, 0.4) is 0 Å². The minimum Gasteiger partial charge on any atom is -0.395 e. The quantitative estimate of drug-likeness (QED) is 0.708. The molecular formula is C20H30N4O2. The molecule has 2 heterocycles. The Kier molecular flexibility index (Phi) is 6.27. The Labute approximate surface area is 155 Å². The summed E-state index contributed by atoms with van der Waals surface area (Å²) < 4.78 is 0. The molecule has 0 spiro atoms. The van der Waals surface area contributed by atoms with E-state index in [0.717, 1.165) is 36.4 Å². The Morgan fingerprint density at radius 3 is 2.96 bits per heavy atom. The van der Waals surface area contributed by atoms with Gasteiger partial charge in [0.05, 0.1) is 17.6 Å². The van der Waals surface area contributed by atoms with Crippen LogP contribution in [0.5, 0.6) is 0 Å². The highest BCUT2D eigenvalue weighted by molar-refractivity contribution is 5.78. The predicted octanol–water partition coefficient (Wildman–Crippen LogP) is 2.08. The van der Waals surface area contributed by atoms with Crippen molar-refractivity contribution in [1.29, 1.82) is 0 Å². The van der Waals surface area contributed by atoms with Gasteiger partial charge in [-0.15, -0.1) is 0 Å². The number of aromatic nitrogens is 2. The van der Waals surface area contributed by atoms with Crippen LogP contribution in [0.25, 0.3) is 11.0 Å². The first-order chi connectivity index (χ1) is 12.6. The number of rotatable bonds is 7. The molecule has 1 atom stereocenters. The van der Waals surface area contributed by atoms with E-state index in [1.165, 1.54) is 24.0 Å². The minimum atomic E-state index is 0.0513. The SMILES string of the molecule is Cc1cc2nc(CCC(=O)NCCN3CCCC[C@H]3CO)[nH]c2cc1C. The van der Waals surface area contributed by atoms with Crippen LogP contribution < -0.4 is 5.32 Å². The van der Waals surface area contributed by atoms with Gasteiger partial charge in [-0.25, -0.2) is 4.98 Å². The number of aromatic amines is 1. The first-order valence-electron chi connectivity index (χ1n) is 9.64. The molecule has 1 aromatic carbocycles. The first-order valence-corrected chi connectivity index (χ1v) is 9.64. The number of hydrogen-bond donors (Lipinski definition) is 3. The zero-order valence-electron chi connectivity index (χ0n) is 15.8. The van der Waals surface area contributed by atoms with E-state index < -0.39 is 0 Å². The molecule has 0 radical (unpaired) electrons. The minimum absolute atomic E-state index is 0.0513. The number of aryl methyl sites for hydroxylation is 3. The average Bonchev–Trinajstić information content (AvgIpc) is 3.02. The van der Waals surface area contributed by atoms with Gasteiger partial charge in [0.15, 0.2) is 0 Å². The van der Waals surface area contributed by atoms with Gasteiger partial charge < -0.3 is 15.4 Å². The number of amides is 1. The molecule has 0 saturated carbocycles. The molecular weight excluding hydrogens is 328 g/mol. The van der Waals surface area contributed by atoms with Crippen molar-refractivity contribution in [2.45, 2.75) is 52.0 Å². The fraction of sp³-hybridized carbons (Fsp3) is 0.600. The predicted molar refractivity (Wildman–Crippen MR) is 103 cm³/mol. The molecule has 6 nitrogen and oxygen atoms in total. The normalized spacial score (nSPS) is 18.3. The van der Waals surface area contributed by atoms with Crippen LogP contribution in [0.1, 0.15) is 42.6 Å². The maximum Gasteiger partial charge on any atom is 0.220 e. The van der Waals surface area contributed by atoms with Crippen LogP contribution in [-0.2, 0) is 11.2 Å². The maximum absolute atomic E-state index is 12.1. The van der Waals surface area contributed by atoms with Crippen LogP contribution >= 0.6 is 0 Å². The van der Waals surface area contributed by atoms with E-state index in [9.17, 15) is 9.90 Å². The second kappa shape index (κ2) is 8.64. The van der Waals surface area contributed by atoms with Gasteiger partial charge in [0.25, 0.3) is 0 Å². The summed E-state index contributed by atoms with van der Waals surface area (Å²) in [6, 6.07) is 4.45. The second-order valence-electron chi connectivity index (χ2n) is 7.36. The Bertz CT molecular complexity index is 717. The summed E-state index contributed by atoms with van der Waals surface area (Å²) in [6.07, 6.45) is 4.46. The van der Waals surface area contributed by atoms with Gasteiger partial charge >= 0.3 is 0 Å². The van der Waals surface area contributed by atoms with E-state index >= 15 is 0 Å². The van der Waals surface area contributed by atoms with E-state index in [4.69, 9.17) is 0 Å². The van der Waals surface area contributed by atoms with Crippen molar-refractivity contribution in [3.05, 3.63) is 29.1 Å². The highest BCUT2D eigenvalue weighted by Gasteiger charge is 2.21. The number of aliphatic hydroxyl groups is 1. The molecule has 0 unspecified atom stereocenters. The van der Waals surface area contributed by atoms with E-state index in [-0.39, 0.29) is 18.6 Å². The van der Waals surface area contributed by atoms with Crippen LogP contribution in [0.15, 0.2) is 12.1 Å². The molecule has 1 amide bonds. The van der Waals surface area contributed by atoms with Crippen LogP contribution in [0, 0.1) is 13.8 Å². The standard InChI is InChI=1S/C20H30N4O2/c1-14-11-17-18(12-15(14)2)23-19(22-17)6-7-20(26)21-8-10-24-9-4-3-5-16(24)13-25/h11-12,16,25H,3-10,13H2,1-2H3,(H,21,26)(H,22,23)/t16-/m0/s1. The molecule has 6 heteroatoms. The van der Waals surface area contributed by atoms with Gasteiger partial charge in [-0.2, -0.15) is 0 Å². The molecule has 1 aromatic heterocycles. The highest BCUT2D eigenvalue weighted by atomic mass is 16.3. The number of carbonyl (C=O) groups is 1. The smallest absolute Gasteiger partial charge is 0.220 e. The van der Waals surface area contributed by atoms with E-state index in [1.807, 2.05) is 0 Å². The summed E-state index contributed by atoms with van der Waals surface area (Å²) in [5.74, 6) is 0.909. The van der Waals surface area contributed by atoms with Gasteiger partial charge in [0.2, 0.25) is 5.91 Å². The number of H-pyrrole nitrogens is 1. The topological polar surface area (TPSA) is 81.2 Å². The Hall–Kier alpha value is -1.92. The monoisotopic (exact) mass is 358 g/mol. The van der Waals surface area contributed by atoms with Crippen molar-refractivity contribution >= 4 is 16.9 Å². The van der Waals surface area contributed by atoms with Gasteiger partial charge in [-0.1, -0.05) is 6.42 Å². The fourth-order valence-electron chi connectivity index (χ4n) is 3.66. The van der Waals surface area contributed by atoms with E-state index in [1.54, 1.807) is 0 Å². The Morgan fingerprint density at radius 1 is 1.35 bits per heavy atom. The highest BCUT2D eigenvalue weighted by Crippen LogP contribution is 2.18. The van der Waals surface area contributed by atoms with Gasteiger partial charge in [0, 0.05) is 32.0 Å². The lowest BCUT2D eigenvalue weighted by Crippen LogP contribution is -2.45. The third kappa shape index (κ3) is 4.62. The number of imidazole rings is 1. The average molecular weight is 358 g/mol. The number of fused-ring (bicyclic) bond motifs is 1. The molecule has 3 rings (SSSR count). The summed E-state index contributed by atoms with van der Waals surface area (Å²) in [5, 5.41) is 12.4. The fourth-order valence-corrected chi connectivity index (χ4v) is 3.66. The molecule has 1 fully saturated rings. The largest absolute Gasteiger partial charge is 0.395 e. The number of likely N-dealkylation sites (tertiary alicyclic amines) is 1. The molecule has 1 aliphatic rings. The Morgan fingerprint density at radius 2 is 2.15 bits per heavy atom. The summed E-state index contributed by atoms with van der Waals surface area (Å²) in [6.45, 7) is 6.83. The van der Waals surface area contributed by atoms with Crippen molar-refractivity contribution in [2.24, 2.45) is 0 Å². The van der Waals surface area contributed by atoms with Gasteiger partial charge in [-0.05, 0) is 56.5 Å². The summed E-state index contributed by atoms with van der Waals surface area (Å²) in [7, 11) is 0. The maximum atomic E-state index is 12.1. The van der Waals surface area contributed by atoms with Crippen LogP contribution in [0.2, 0.25) is 0 Å². The lowest BCUT2D eigenvalue weighted by molar-refractivity contribution is -0.121. The summed E-state index contributed by atoms with van der Waals surface area (Å²) >= 11 is 0. The second-order valence-corrected chi connectivity index (χ2v) is 7.36. The van der Waals surface area contributed by atoms with Crippen molar-refractivity contribution in [1.82, 2.24) is 20.2 Å². The van der Waals surface area contributed by atoms with Crippen molar-refractivity contribution in [3.8, 4) is 0 Å². The third-order valence-corrected chi connectivity index (χ3v) is 5.42. The van der Waals surface area contributed by atoms with Crippen LogP contribution in [-0.4, -0.2) is 58.2 Å². The van der Waals surface area contributed by atoms with Crippen molar-refractivity contribution in [2.75, 3.05) is 26.2 Å². The van der Waals surface area contributed by atoms with Crippen molar-refractivity contribution < 1.29 is 9.90 Å². The van der Waals surface area contributed by atoms with E-state index in [0.29, 0.717) is 19.4 Å². The number of nitrogens with one attached hydrogen (secondary N) is 2. The zero-order valence-corrected chi connectivity index (χ0v) is 15.8. The molecule has 2 aromatic rings. The Balaban J connectivity index is 1.44. The third-order valence-electron chi connectivity index (χ3n) is 5.42. The number of aliphatic hydroxyl groups excluding tert-OH is 1. The zero-order chi connectivity index (χ0) is 18.5. The lowest BCUT2D eigenvalue weighted by atomic mass is 10.0. The number of hydrogen-bond acceptors (Lipinski definition) is 4. The number of carbonyl (C=O) groups excluding carboxylic acids is 1. The first kappa shape index (κ1) is 18.9. The summed E-state index contributed by atoms with van der Waals surface area (Å²) in [5.41, 5.74) is 4.46. The van der Waals surface area contributed by atoms with Gasteiger partial charge in [0.1, 0.15) is 5.82 Å². The lowest BCUT2D eigenvalue weighted by Gasteiger charge is -2.34. The molecule has 3 N–H and O–H groups in total. The number of benzene rings is 1. The van der Waals surface area contributed by atoms with Gasteiger partial charge in [-0.3, -0.25) is 9.69 Å². The van der Waals surface area contributed by atoms with Crippen molar-refractivity contribution in [3.63, 3.8) is 0 Å². The van der Waals surface area contributed by atoms with E-state index in [2.05, 4.69) is 46.2 Å². The summed E-state index contributed by atoms with van der Waals surface area (Å²) in [4.78, 5) is 22.3. The number of piperidine rings is 1. The molecule has 0 aliphatic carbocycles. The van der Waals surface area contributed by atoms with Crippen LogP contribution in [0.4, 0.5) is 0 Å². The molecule has 26 heavy (non-hydrogen) atoms. The molecule has 142 valence electrons. The number of nitrogens with zero attached hydrogens (tertiary/aromatic N) is 2. The molecule has 1 aliphatic heterocycles. The molecule has 0 bridgehead atoms. The molecule has 1 saturated heterocycles.